The molecule has 1 amide bonds. The van der Waals surface area contributed by atoms with Gasteiger partial charge < -0.3 is 20.5 Å². The highest BCUT2D eigenvalue weighted by Crippen LogP contribution is 2.40. The molecule has 1 aromatic rings. The molecular formula is C18H27ClN2O3. The Kier molecular flexibility index (Phi) is 6.35. The number of nitrogens with one attached hydrogen (secondary N) is 1. The van der Waals surface area contributed by atoms with E-state index in [0.29, 0.717) is 28.9 Å². The summed E-state index contributed by atoms with van der Waals surface area (Å²) in [5, 5.41) is 3.25. The number of amides is 1. The maximum atomic E-state index is 12.8. The van der Waals surface area contributed by atoms with Gasteiger partial charge in [0.1, 0.15) is 11.5 Å². The molecule has 0 aliphatic heterocycles. The number of carbonyl (C=O) groups is 1. The topological polar surface area (TPSA) is 73.6 Å². The van der Waals surface area contributed by atoms with E-state index in [-0.39, 0.29) is 30.4 Å². The second kappa shape index (κ2) is 8.08. The van der Waals surface area contributed by atoms with Gasteiger partial charge in [-0.3, -0.25) is 4.79 Å². The summed E-state index contributed by atoms with van der Waals surface area (Å²) in [6.45, 7) is 0. The largest absolute Gasteiger partial charge is 0.497 e. The first-order valence-corrected chi connectivity index (χ1v) is 8.41. The fourth-order valence-electron chi connectivity index (χ4n) is 4.25. The van der Waals surface area contributed by atoms with Crippen LogP contribution in [0.2, 0.25) is 0 Å². The highest BCUT2D eigenvalue weighted by molar-refractivity contribution is 5.97. The van der Waals surface area contributed by atoms with Crippen LogP contribution in [0.1, 0.15) is 42.5 Å². The summed E-state index contributed by atoms with van der Waals surface area (Å²) in [5.41, 5.74) is 6.69. The number of ether oxygens (including phenoxy) is 2. The van der Waals surface area contributed by atoms with E-state index < -0.39 is 0 Å². The molecule has 6 heteroatoms. The molecule has 2 unspecified atom stereocenters. The minimum Gasteiger partial charge on any atom is -0.497 e. The van der Waals surface area contributed by atoms with Gasteiger partial charge >= 0.3 is 0 Å². The molecule has 1 aromatic carbocycles. The lowest BCUT2D eigenvalue weighted by atomic mass is 9.67. The zero-order valence-electron chi connectivity index (χ0n) is 14.3. The van der Waals surface area contributed by atoms with E-state index in [4.69, 9.17) is 15.2 Å². The molecule has 134 valence electrons. The molecule has 0 radical (unpaired) electrons. The van der Waals surface area contributed by atoms with Crippen molar-refractivity contribution < 1.29 is 14.3 Å². The lowest BCUT2D eigenvalue weighted by Crippen LogP contribution is -2.53. The van der Waals surface area contributed by atoms with Crippen LogP contribution in [0, 0.1) is 11.8 Å². The van der Waals surface area contributed by atoms with Crippen LogP contribution in [0.4, 0.5) is 0 Å². The van der Waals surface area contributed by atoms with Gasteiger partial charge in [-0.15, -0.1) is 12.4 Å². The maximum absolute atomic E-state index is 12.8. The van der Waals surface area contributed by atoms with E-state index in [1.54, 1.807) is 32.4 Å². The number of carbonyl (C=O) groups excluding carboxylic acids is 1. The predicted octanol–water partition coefficient (Wildman–Crippen LogP) is 2.76. The Balaban J connectivity index is 0.00000208. The van der Waals surface area contributed by atoms with Crippen molar-refractivity contribution in [1.29, 1.82) is 0 Å². The molecule has 3 rings (SSSR count). The average Bonchev–Trinajstić information content (AvgIpc) is 2.55. The Hall–Kier alpha value is -1.46. The normalized spacial score (nSPS) is 28.5. The summed E-state index contributed by atoms with van der Waals surface area (Å²) in [5.74, 6) is 2.14. The molecule has 0 spiro atoms. The smallest absolute Gasteiger partial charge is 0.255 e. The Labute approximate surface area is 149 Å². The molecule has 0 saturated heterocycles. The minimum absolute atomic E-state index is 0. The highest BCUT2D eigenvalue weighted by Gasteiger charge is 2.40. The quantitative estimate of drug-likeness (QED) is 0.872. The van der Waals surface area contributed by atoms with Crippen LogP contribution in [0.25, 0.3) is 0 Å². The molecular weight excluding hydrogens is 328 g/mol. The zero-order valence-corrected chi connectivity index (χ0v) is 15.1. The third kappa shape index (κ3) is 3.78. The Bertz CT molecular complexity index is 567. The van der Waals surface area contributed by atoms with Crippen molar-refractivity contribution in [2.24, 2.45) is 17.6 Å². The van der Waals surface area contributed by atoms with Crippen molar-refractivity contribution in [2.45, 2.75) is 44.2 Å². The van der Waals surface area contributed by atoms with E-state index >= 15 is 0 Å². The van der Waals surface area contributed by atoms with Crippen LogP contribution in [-0.2, 0) is 0 Å². The van der Waals surface area contributed by atoms with E-state index in [2.05, 4.69) is 5.32 Å². The van der Waals surface area contributed by atoms with Gasteiger partial charge in [-0.1, -0.05) is 6.42 Å². The van der Waals surface area contributed by atoms with Crippen molar-refractivity contribution in [3.63, 3.8) is 0 Å². The van der Waals surface area contributed by atoms with Crippen LogP contribution in [0.3, 0.4) is 0 Å². The first kappa shape index (κ1) is 18.9. The Morgan fingerprint density at radius 2 is 1.83 bits per heavy atom. The van der Waals surface area contributed by atoms with Gasteiger partial charge in [-0.2, -0.15) is 0 Å². The van der Waals surface area contributed by atoms with Crippen LogP contribution in [0.15, 0.2) is 18.2 Å². The summed E-state index contributed by atoms with van der Waals surface area (Å²) in [4.78, 5) is 12.8. The monoisotopic (exact) mass is 354 g/mol. The fraction of sp³-hybridized carbons (Fsp3) is 0.611. The van der Waals surface area contributed by atoms with Crippen molar-refractivity contribution in [2.75, 3.05) is 14.2 Å². The van der Waals surface area contributed by atoms with E-state index in [1.807, 2.05) is 0 Å². The fourth-order valence-corrected chi connectivity index (χ4v) is 4.25. The Morgan fingerprint density at radius 3 is 2.42 bits per heavy atom. The average molecular weight is 355 g/mol. The molecule has 24 heavy (non-hydrogen) atoms. The zero-order chi connectivity index (χ0) is 16.4. The molecule has 2 aliphatic rings. The van der Waals surface area contributed by atoms with Gasteiger partial charge in [-0.25, -0.2) is 0 Å². The van der Waals surface area contributed by atoms with Crippen molar-refractivity contribution in [3.05, 3.63) is 23.8 Å². The van der Waals surface area contributed by atoms with Crippen LogP contribution < -0.4 is 20.5 Å². The minimum atomic E-state index is -0.0851. The first-order chi connectivity index (χ1) is 11.1. The summed E-state index contributed by atoms with van der Waals surface area (Å²) < 4.78 is 10.6. The summed E-state index contributed by atoms with van der Waals surface area (Å²) in [6.07, 6.45) is 5.58. The standard InChI is InChI=1S/C18H26N2O3.ClH/c1-22-14-6-7-16(23-2)15(10-14)18(21)20-17-11-4-3-5-12(17)9-13(19)8-11;/h6-7,10-13,17H,3-5,8-9,19H2,1-2H3,(H,20,21);1H. The molecule has 2 atom stereocenters. The molecule has 2 aliphatic carbocycles. The lowest BCUT2D eigenvalue weighted by molar-refractivity contribution is 0.0753. The molecule has 5 nitrogen and oxygen atoms in total. The van der Waals surface area contributed by atoms with E-state index in [9.17, 15) is 4.79 Å². The third-order valence-electron chi connectivity index (χ3n) is 5.33. The van der Waals surface area contributed by atoms with Crippen molar-refractivity contribution >= 4 is 18.3 Å². The third-order valence-corrected chi connectivity index (χ3v) is 5.33. The van der Waals surface area contributed by atoms with Crippen LogP contribution in [0.5, 0.6) is 11.5 Å². The van der Waals surface area contributed by atoms with Gasteiger partial charge in [-0.05, 0) is 55.7 Å². The second-order valence-electron chi connectivity index (χ2n) is 6.75. The summed E-state index contributed by atoms with van der Waals surface area (Å²) >= 11 is 0. The highest BCUT2D eigenvalue weighted by atomic mass is 35.5. The van der Waals surface area contributed by atoms with Crippen molar-refractivity contribution in [1.82, 2.24) is 5.32 Å². The van der Waals surface area contributed by atoms with Crippen LogP contribution >= 0.6 is 12.4 Å². The number of benzene rings is 1. The van der Waals surface area contributed by atoms with Crippen LogP contribution in [-0.4, -0.2) is 32.2 Å². The summed E-state index contributed by atoms with van der Waals surface area (Å²) in [6, 6.07) is 5.81. The molecule has 0 aromatic heterocycles. The van der Waals surface area contributed by atoms with Gasteiger partial charge in [0.05, 0.1) is 19.8 Å². The molecule has 2 bridgehead atoms. The summed E-state index contributed by atoms with van der Waals surface area (Å²) in [7, 11) is 3.17. The molecule has 0 heterocycles. The number of hydrogen-bond donors (Lipinski definition) is 2. The maximum Gasteiger partial charge on any atom is 0.255 e. The lowest BCUT2D eigenvalue weighted by Gasteiger charge is -2.45. The number of hydrogen-bond acceptors (Lipinski definition) is 4. The first-order valence-electron chi connectivity index (χ1n) is 8.41. The molecule has 3 N–H and O–H groups in total. The molecule has 2 saturated carbocycles. The second-order valence-corrected chi connectivity index (χ2v) is 6.75. The number of nitrogens with two attached hydrogens (primary N) is 1. The van der Waals surface area contributed by atoms with Gasteiger partial charge in [0, 0.05) is 12.1 Å². The Morgan fingerprint density at radius 1 is 1.17 bits per heavy atom. The van der Waals surface area contributed by atoms with Gasteiger partial charge in [0.2, 0.25) is 0 Å². The van der Waals surface area contributed by atoms with Gasteiger partial charge in [0.15, 0.2) is 0 Å². The predicted molar refractivity (Wildman–Crippen MR) is 96.1 cm³/mol. The van der Waals surface area contributed by atoms with Gasteiger partial charge in [0.25, 0.3) is 5.91 Å². The van der Waals surface area contributed by atoms with Crippen molar-refractivity contribution in [3.8, 4) is 11.5 Å². The van der Waals surface area contributed by atoms with E-state index in [1.165, 1.54) is 6.42 Å². The number of fused-ring (bicyclic) bond motifs is 2. The number of methoxy groups -OCH3 is 2. The number of halogens is 1. The molecule has 2 fully saturated rings. The SMILES string of the molecule is COc1ccc(OC)c(C(=O)NC2C3CCCC2CC(N)C3)c1.Cl. The van der Waals surface area contributed by atoms with E-state index in [0.717, 1.165) is 25.7 Å². The number of rotatable bonds is 4.